The van der Waals surface area contributed by atoms with Crippen LogP contribution in [-0.4, -0.2) is 42.3 Å². The van der Waals surface area contributed by atoms with E-state index in [1.54, 1.807) is 0 Å². The minimum Gasteiger partial charge on any atom is -0.444 e. The van der Waals surface area contributed by atoms with Gasteiger partial charge in [-0.25, -0.2) is 4.79 Å². The van der Waals surface area contributed by atoms with Crippen molar-refractivity contribution in [3.8, 4) is 0 Å². The summed E-state index contributed by atoms with van der Waals surface area (Å²) in [6, 6.07) is 0.359. The molecule has 1 saturated heterocycles. The first-order chi connectivity index (χ1) is 8.29. The lowest BCUT2D eigenvalue weighted by Gasteiger charge is -2.34. The second kappa shape index (κ2) is 6.41. The van der Waals surface area contributed by atoms with E-state index in [0.29, 0.717) is 12.0 Å². The molecule has 1 N–H and O–H groups in total. The van der Waals surface area contributed by atoms with Gasteiger partial charge < -0.3 is 15.0 Å². The maximum absolute atomic E-state index is 12.1. The number of hydrogen-bond acceptors (Lipinski definition) is 3. The van der Waals surface area contributed by atoms with E-state index in [-0.39, 0.29) is 6.09 Å². The van der Waals surface area contributed by atoms with Crippen molar-refractivity contribution in [2.75, 3.05) is 19.6 Å². The van der Waals surface area contributed by atoms with E-state index in [9.17, 15) is 4.79 Å². The van der Waals surface area contributed by atoms with Gasteiger partial charge in [0.2, 0.25) is 0 Å². The third-order valence-corrected chi connectivity index (χ3v) is 3.13. The first-order valence-electron chi connectivity index (χ1n) is 7.01. The molecule has 0 unspecified atom stereocenters. The average molecular weight is 256 g/mol. The summed E-state index contributed by atoms with van der Waals surface area (Å²) >= 11 is 0. The minimum atomic E-state index is -0.416. The Morgan fingerprint density at radius 3 is 2.56 bits per heavy atom. The Bertz CT molecular complexity index is 271. The molecule has 4 nitrogen and oxygen atoms in total. The van der Waals surface area contributed by atoms with Gasteiger partial charge in [-0.3, -0.25) is 0 Å². The minimum absolute atomic E-state index is 0.183. The van der Waals surface area contributed by atoms with Crippen LogP contribution in [0.25, 0.3) is 0 Å². The third-order valence-electron chi connectivity index (χ3n) is 3.13. The van der Waals surface area contributed by atoms with Gasteiger partial charge in [-0.05, 0) is 46.1 Å². The smallest absolute Gasteiger partial charge is 0.410 e. The highest BCUT2D eigenvalue weighted by atomic mass is 16.6. The van der Waals surface area contributed by atoms with E-state index in [0.717, 1.165) is 32.5 Å². The van der Waals surface area contributed by atoms with E-state index < -0.39 is 5.60 Å². The van der Waals surface area contributed by atoms with Crippen LogP contribution >= 0.6 is 0 Å². The van der Waals surface area contributed by atoms with Gasteiger partial charge in [-0.1, -0.05) is 13.8 Å². The van der Waals surface area contributed by atoms with Crippen molar-refractivity contribution in [1.29, 1.82) is 0 Å². The molecule has 1 atom stereocenters. The lowest BCUT2D eigenvalue weighted by atomic mass is 10.0. The predicted molar refractivity (Wildman–Crippen MR) is 73.7 cm³/mol. The van der Waals surface area contributed by atoms with E-state index in [2.05, 4.69) is 19.2 Å². The van der Waals surface area contributed by atoms with Crippen LogP contribution in [0.1, 0.15) is 47.5 Å². The zero-order chi connectivity index (χ0) is 13.8. The maximum Gasteiger partial charge on any atom is 0.410 e. The molecule has 1 amide bonds. The number of nitrogens with zero attached hydrogens (tertiary/aromatic N) is 1. The van der Waals surface area contributed by atoms with Gasteiger partial charge in [0.15, 0.2) is 0 Å². The molecule has 1 aliphatic rings. The van der Waals surface area contributed by atoms with Gasteiger partial charge in [0.05, 0.1) is 0 Å². The Labute approximate surface area is 111 Å². The molecule has 0 aliphatic carbocycles. The Kier molecular flexibility index (Phi) is 5.45. The van der Waals surface area contributed by atoms with Crippen molar-refractivity contribution in [2.24, 2.45) is 5.92 Å². The fourth-order valence-electron chi connectivity index (χ4n) is 2.05. The average Bonchev–Trinajstić information content (AvgIpc) is 2.12. The molecule has 4 heteroatoms. The number of carbonyl (C=O) groups excluding carboxylic acids is 1. The summed E-state index contributed by atoms with van der Waals surface area (Å²) in [5.41, 5.74) is -0.416. The Balaban J connectivity index is 2.62. The van der Waals surface area contributed by atoms with Crippen molar-refractivity contribution in [3.05, 3.63) is 0 Å². The largest absolute Gasteiger partial charge is 0.444 e. The molecule has 1 heterocycles. The second-order valence-electron chi connectivity index (χ2n) is 6.44. The lowest BCUT2D eigenvalue weighted by molar-refractivity contribution is 0.0207. The van der Waals surface area contributed by atoms with Gasteiger partial charge in [-0.2, -0.15) is 0 Å². The summed E-state index contributed by atoms with van der Waals surface area (Å²) in [4.78, 5) is 14.0. The standard InChI is InChI=1S/C14H28N2O2/c1-11(2)12-10-16(9-7-6-8-15-12)13(17)18-14(3,4)5/h11-12,15H,6-10H2,1-5H3/t12-/m0/s1. The van der Waals surface area contributed by atoms with Crippen LogP contribution in [0.3, 0.4) is 0 Å². The molecule has 0 aromatic carbocycles. The SMILES string of the molecule is CC(C)[C@@H]1CN(C(=O)OC(C)(C)C)CCCCN1. The summed E-state index contributed by atoms with van der Waals surface area (Å²) in [5.74, 6) is 0.521. The molecular weight excluding hydrogens is 228 g/mol. The van der Waals surface area contributed by atoms with Crippen molar-refractivity contribution in [1.82, 2.24) is 10.2 Å². The van der Waals surface area contributed by atoms with Crippen LogP contribution in [0.5, 0.6) is 0 Å². The number of hydrogen-bond donors (Lipinski definition) is 1. The van der Waals surface area contributed by atoms with E-state index in [1.165, 1.54) is 0 Å². The summed E-state index contributed by atoms with van der Waals surface area (Å²) in [6.45, 7) is 12.7. The van der Waals surface area contributed by atoms with Crippen LogP contribution in [0.15, 0.2) is 0 Å². The van der Waals surface area contributed by atoms with Crippen molar-refractivity contribution in [2.45, 2.75) is 59.1 Å². The van der Waals surface area contributed by atoms with Crippen LogP contribution in [0, 0.1) is 5.92 Å². The highest BCUT2D eigenvalue weighted by Crippen LogP contribution is 2.14. The topological polar surface area (TPSA) is 41.6 Å². The zero-order valence-electron chi connectivity index (χ0n) is 12.5. The quantitative estimate of drug-likeness (QED) is 0.784. The Morgan fingerprint density at radius 2 is 2.00 bits per heavy atom. The molecule has 1 fully saturated rings. The summed E-state index contributed by atoms with van der Waals surface area (Å²) in [6.07, 6.45) is 1.97. The van der Waals surface area contributed by atoms with Gasteiger partial charge in [0.1, 0.15) is 5.60 Å². The Hall–Kier alpha value is -0.770. The van der Waals surface area contributed by atoms with Crippen molar-refractivity contribution >= 4 is 6.09 Å². The number of carbonyl (C=O) groups is 1. The molecular formula is C14H28N2O2. The second-order valence-corrected chi connectivity index (χ2v) is 6.44. The molecule has 0 aromatic rings. The van der Waals surface area contributed by atoms with E-state index in [1.807, 2.05) is 25.7 Å². The summed E-state index contributed by atoms with van der Waals surface area (Å²) < 4.78 is 5.46. The fourth-order valence-corrected chi connectivity index (χ4v) is 2.05. The molecule has 1 aliphatic heterocycles. The molecule has 0 radical (unpaired) electrons. The van der Waals surface area contributed by atoms with Gasteiger partial charge in [0.25, 0.3) is 0 Å². The molecule has 18 heavy (non-hydrogen) atoms. The third kappa shape index (κ3) is 5.25. The highest BCUT2D eigenvalue weighted by Gasteiger charge is 2.26. The summed E-state index contributed by atoms with van der Waals surface area (Å²) in [7, 11) is 0. The van der Waals surface area contributed by atoms with Gasteiger partial charge >= 0.3 is 6.09 Å². The first kappa shape index (κ1) is 15.3. The highest BCUT2D eigenvalue weighted by molar-refractivity contribution is 5.68. The van der Waals surface area contributed by atoms with Gasteiger partial charge in [-0.15, -0.1) is 0 Å². The van der Waals surface area contributed by atoms with Crippen molar-refractivity contribution < 1.29 is 9.53 Å². The van der Waals surface area contributed by atoms with E-state index >= 15 is 0 Å². The molecule has 0 saturated carbocycles. The number of nitrogens with one attached hydrogen (secondary N) is 1. The monoisotopic (exact) mass is 256 g/mol. The molecule has 0 aromatic heterocycles. The van der Waals surface area contributed by atoms with Crippen molar-refractivity contribution in [3.63, 3.8) is 0 Å². The molecule has 1 rings (SSSR count). The maximum atomic E-state index is 12.1. The summed E-state index contributed by atoms with van der Waals surface area (Å²) in [5, 5.41) is 3.52. The molecule has 106 valence electrons. The zero-order valence-corrected chi connectivity index (χ0v) is 12.5. The van der Waals surface area contributed by atoms with Crippen LogP contribution in [-0.2, 0) is 4.74 Å². The van der Waals surface area contributed by atoms with Crippen LogP contribution in [0.4, 0.5) is 4.79 Å². The van der Waals surface area contributed by atoms with E-state index in [4.69, 9.17) is 4.74 Å². The van der Waals surface area contributed by atoms with Gasteiger partial charge in [0, 0.05) is 19.1 Å². The first-order valence-corrected chi connectivity index (χ1v) is 7.01. The lowest BCUT2D eigenvalue weighted by Crippen LogP contribution is -2.49. The number of rotatable bonds is 1. The molecule has 0 spiro atoms. The van der Waals surface area contributed by atoms with Crippen LogP contribution in [0.2, 0.25) is 0 Å². The number of ether oxygens (including phenoxy) is 1. The fraction of sp³-hybridized carbons (Fsp3) is 0.929. The molecule has 0 bridgehead atoms. The van der Waals surface area contributed by atoms with Crippen LogP contribution < -0.4 is 5.32 Å². The normalized spacial score (nSPS) is 22.6. The predicted octanol–water partition coefficient (Wildman–Crippen LogP) is 2.63. The number of amides is 1. The Morgan fingerprint density at radius 1 is 1.33 bits per heavy atom.